The summed E-state index contributed by atoms with van der Waals surface area (Å²) in [6.45, 7) is 5.56. The number of unbranched alkanes of at least 4 members (excludes halogenated alkanes) is 4. The molecule has 0 aromatic carbocycles. The minimum absolute atomic E-state index is 0.786. The fourth-order valence-corrected chi connectivity index (χ4v) is 1.24. The normalized spacial score (nSPS) is 13.1. The maximum absolute atomic E-state index is 9.46. The molecule has 0 unspecified atom stereocenters. The molecule has 0 aromatic heterocycles. The topological polar surface area (TPSA) is 40.5 Å². The molecule has 0 aliphatic rings. The molecule has 0 amide bonds. The zero-order chi connectivity index (χ0) is 13.6. The van der Waals surface area contributed by atoms with Crippen molar-refractivity contribution >= 4 is 0 Å². The Bertz CT molecular complexity index is 360. The van der Waals surface area contributed by atoms with Crippen molar-refractivity contribution in [3.05, 3.63) is 24.8 Å². The predicted molar refractivity (Wildman–Crippen MR) is 75.7 cm³/mol. The van der Waals surface area contributed by atoms with Crippen LogP contribution < -0.4 is 0 Å². The molecule has 2 heteroatoms. The van der Waals surface area contributed by atoms with Crippen LogP contribution >= 0.6 is 0 Å². The van der Waals surface area contributed by atoms with Gasteiger partial charge in [-0.05, 0) is 30.8 Å². The summed E-state index contributed by atoms with van der Waals surface area (Å²) < 4.78 is 0. The first-order valence-corrected chi connectivity index (χ1v) is 6.37. The summed E-state index contributed by atoms with van der Waals surface area (Å²) in [5.74, 6) is 9.97. The van der Waals surface area contributed by atoms with Crippen LogP contribution in [-0.2, 0) is 0 Å². The minimum atomic E-state index is -0.856. The number of hydrogen-bond donors (Lipinski definition) is 2. The van der Waals surface area contributed by atoms with Gasteiger partial charge in [0.1, 0.15) is 12.2 Å². The zero-order valence-corrected chi connectivity index (χ0v) is 11.0. The molecular formula is C16H22O2. The SMILES string of the molecule is C=C[C@@H](O)C#CC#C[C@@H](O)/C=C\CCCCCC. The Kier molecular flexibility index (Phi) is 11.0. The van der Waals surface area contributed by atoms with Crippen molar-refractivity contribution in [2.45, 2.75) is 51.2 Å². The van der Waals surface area contributed by atoms with E-state index in [1.165, 1.54) is 25.3 Å². The van der Waals surface area contributed by atoms with Crippen LogP contribution in [0.1, 0.15) is 39.0 Å². The van der Waals surface area contributed by atoms with E-state index in [9.17, 15) is 5.11 Å². The molecule has 0 fully saturated rings. The van der Waals surface area contributed by atoms with Gasteiger partial charge in [0.15, 0.2) is 0 Å². The molecule has 2 nitrogen and oxygen atoms in total. The third-order valence-electron chi connectivity index (χ3n) is 2.27. The van der Waals surface area contributed by atoms with E-state index in [1.807, 2.05) is 6.08 Å². The number of aliphatic hydroxyl groups excluding tert-OH is 2. The Labute approximate surface area is 110 Å². The summed E-state index contributed by atoms with van der Waals surface area (Å²) >= 11 is 0. The van der Waals surface area contributed by atoms with Gasteiger partial charge in [0.25, 0.3) is 0 Å². The number of aliphatic hydroxyl groups is 2. The van der Waals surface area contributed by atoms with Gasteiger partial charge in [0, 0.05) is 0 Å². The van der Waals surface area contributed by atoms with Gasteiger partial charge in [0.05, 0.1) is 0 Å². The molecular weight excluding hydrogens is 224 g/mol. The summed E-state index contributed by atoms with van der Waals surface area (Å²) in [6.07, 6.45) is 9.14. The minimum Gasteiger partial charge on any atom is -0.377 e. The van der Waals surface area contributed by atoms with E-state index in [-0.39, 0.29) is 0 Å². The Balaban J connectivity index is 3.84. The average Bonchev–Trinajstić information content (AvgIpc) is 2.38. The monoisotopic (exact) mass is 246 g/mol. The van der Waals surface area contributed by atoms with Crippen molar-refractivity contribution in [1.82, 2.24) is 0 Å². The van der Waals surface area contributed by atoms with Gasteiger partial charge in [-0.3, -0.25) is 0 Å². The lowest BCUT2D eigenvalue weighted by Crippen LogP contribution is -1.97. The van der Waals surface area contributed by atoms with E-state index >= 15 is 0 Å². The van der Waals surface area contributed by atoms with Gasteiger partial charge >= 0.3 is 0 Å². The molecule has 2 atom stereocenters. The van der Waals surface area contributed by atoms with Gasteiger partial charge in [-0.1, -0.05) is 56.8 Å². The lowest BCUT2D eigenvalue weighted by molar-refractivity contribution is 0.280. The quantitative estimate of drug-likeness (QED) is 0.411. The van der Waals surface area contributed by atoms with Crippen LogP contribution in [0.25, 0.3) is 0 Å². The van der Waals surface area contributed by atoms with E-state index in [4.69, 9.17) is 5.11 Å². The Morgan fingerprint density at radius 2 is 1.72 bits per heavy atom. The third-order valence-corrected chi connectivity index (χ3v) is 2.27. The van der Waals surface area contributed by atoms with Crippen LogP contribution in [-0.4, -0.2) is 22.4 Å². The first kappa shape index (κ1) is 16.5. The fourth-order valence-electron chi connectivity index (χ4n) is 1.24. The standard InChI is InChI=1S/C16H22O2/c1-3-5-6-7-8-9-13-16(18)14-11-10-12-15(17)4-2/h4,9,13,15-18H,2-3,5-8H2,1H3/b13-9-/t15-,16+/m1/s1. The highest BCUT2D eigenvalue weighted by molar-refractivity contribution is 5.31. The van der Waals surface area contributed by atoms with Gasteiger partial charge in [0.2, 0.25) is 0 Å². The van der Waals surface area contributed by atoms with Gasteiger partial charge in [-0.15, -0.1) is 0 Å². The van der Waals surface area contributed by atoms with Crippen molar-refractivity contribution in [2.75, 3.05) is 0 Å². The maximum atomic E-state index is 9.46. The van der Waals surface area contributed by atoms with Crippen molar-refractivity contribution in [1.29, 1.82) is 0 Å². The summed E-state index contributed by atoms with van der Waals surface area (Å²) in [5, 5.41) is 18.5. The highest BCUT2D eigenvalue weighted by Crippen LogP contribution is 2.03. The molecule has 18 heavy (non-hydrogen) atoms. The molecule has 0 radical (unpaired) electrons. The molecule has 0 aliphatic carbocycles. The summed E-state index contributed by atoms with van der Waals surface area (Å²) in [7, 11) is 0. The summed E-state index contributed by atoms with van der Waals surface area (Å²) in [5.41, 5.74) is 0. The largest absolute Gasteiger partial charge is 0.377 e. The van der Waals surface area contributed by atoms with Crippen LogP contribution in [0.2, 0.25) is 0 Å². The first-order chi connectivity index (χ1) is 8.70. The average molecular weight is 246 g/mol. The molecule has 0 heterocycles. The lowest BCUT2D eigenvalue weighted by Gasteiger charge is -1.95. The molecule has 98 valence electrons. The van der Waals surface area contributed by atoms with Crippen molar-refractivity contribution < 1.29 is 10.2 Å². The summed E-state index contributed by atoms with van der Waals surface area (Å²) in [4.78, 5) is 0. The van der Waals surface area contributed by atoms with Gasteiger partial charge in [-0.25, -0.2) is 0 Å². The lowest BCUT2D eigenvalue weighted by atomic mass is 10.1. The van der Waals surface area contributed by atoms with Crippen molar-refractivity contribution in [3.63, 3.8) is 0 Å². The van der Waals surface area contributed by atoms with Crippen LogP contribution in [0.3, 0.4) is 0 Å². The van der Waals surface area contributed by atoms with E-state index in [0.717, 1.165) is 12.8 Å². The second-order valence-corrected chi connectivity index (χ2v) is 3.94. The third kappa shape index (κ3) is 11.0. The zero-order valence-electron chi connectivity index (χ0n) is 11.0. The molecule has 2 N–H and O–H groups in total. The molecule has 0 saturated carbocycles. The Morgan fingerprint density at radius 3 is 2.33 bits per heavy atom. The van der Waals surface area contributed by atoms with E-state index in [0.29, 0.717) is 0 Å². The fraction of sp³-hybridized carbons (Fsp3) is 0.500. The summed E-state index contributed by atoms with van der Waals surface area (Å²) in [6, 6.07) is 0. The van der Waals surface area contributed by atoms with Gasteiger partial charge < -0.3 is 10.2 Å². The second kappa shape index (κ2) is 12.0. The van der Waals surface area contributed by atoms with Crippen molar-refractivity contribution in [3.8, 4) is 23.7 Å². The van der Waals surface area contributed by atoms with E-state index in [2.05, 4.69) is 37.2 Å². The molecule has 0 aromatic rings. The molecule has 0 rings (SSSR count). The van der Waals surface area contributed by atoms with Gasteiger partial charge in [-0.2, -0.15) is 0 Å². The molecule has 0 bridgehead atoms. The smallest absolute Gasteiger partial charge is 0.134 e. The second-order valence-electron chi connectivity index (χ2n) is 3.94. The number of allylic oxidation sites excluding steroid dienone is 1. The van der Waals surface area contributed by atoms with Crippen LogP contribution in [0.15, 0.2) is 24.8 Å². The highest BCUT2D eigenvalue weighted by Gasteiger charge is 1.90. The van der Waals surface area contributed by atoms with Crippen LogP contribution in [0, 0.1) is 23.7 Å². The van der Waals surface area contributed by atoms with E-state index in [1.54, 1.807) is 6.08 Å². The predicted octanol–water partition coefficient (Wildman–Crippen LogP) is 2.43. The maximum Gasteiger partial charge on any atom is 0.134 e. The number of rotatable bonds is 7. The Hall–Kier alpha value is -1.48. The molecule has 0 aliphatic heterocycles. The van der Waals surface area contributed by atoms with Crippen molar-refractivity contribution in [2.24, 2.45) is 0 Å². The molecule has 0 spiro atoms. The van der Waals surface area contributed by atoms with E-state index < -0.39 is 12.2 Å². The van der Waals surface area contributed by atoms with Crippen LogP contribution in [0.4, 0.5) is 0 Å². The Morgan fingerprint density at radius 1 is 1.06 bits per heavy atom. The first-order valence-electron chi connectivity index (χ1n) is 6.37. The highest BCUT2D eigenvalue weighted by atomic mass is 16.3. The number of hydrogen-bond acceptors (Lipinski definition) is 2. The molecule has 0 saturated heterocycles. The van der Waals surface area contributed by atoms with Crippen LogP contribution in [0.5, 0.6) is 0 Å².